The van der Waals surface area contributed by atoms with Crippen molar-refractivity contribution in [1.29, 1.82) is 0 Å². The average molecular weight is 367 g/mol. The van der Waals surface area contributed by atoms with E-state index in [1.807, 2.05) is 36.1 Å². The van der Waals surface area contributed by atoms with Crippen LogP contribution < -0.4 is 10.1 Å². The fraction of sp³-hybridized carbons (Fsp3) is 0.381. The fourth-order valence-electron chi connectivity index (χ4n) is 3.24. The number of pyridine rings is 1. The normalized spacial score (nSPS) is 14.6. The van der Waals surface area contributed by atoms with Crippen LogP contribution in [-0.2, 0) is 4.79 Å². The third-order valence-electron chi connectivity index (χ3n) is 4.74. The lowest BCUT2D eigenvalue weighted by molar-refractivity contribution is -0.132. The summed E-state index contributed by atoms with van der Waals surface area (Å²) in [5, 5.41) is 3.03. The lowest BCUT2D eigenvalue weighted by Gasteiger charge is -2.21. The van der Waals surface area contributed by atoms with E-state index >= 15 is 0 Å². The Morgan fingerprint density at radius 3 is 2.67 bits per heavy atom. The number of amides is 2. The van der Waals surface area contributed by atoms with Gasteiger partial charge in [-0.1, -0.05) is 25.1 Å². The van der Waals surface area contributed by atoms with Crippen molar-refractivity contribution in [1.82, 2.24) is 15.2 Å². The second kappa shape index (κ2) is 9.16. The van der Waals surface area contributed by atoms with Crippen molar-refractivity contribution in [2.45, 2.75) is 32.2 Å². The van der Waals surface area contributed by atoms with Crippen molar-refractivity contribution in [2.75, 3.05) is 19.7 Å². The molecule has 142 valence electrons. The molecule has 6 heteroatoms. The molecule has 1 unspecified atom stereocenters. The van der Waals surface area contributed by atoms with E-state index in [0.29, 0.717) is 17.7 Å². The van der Waals surface area contributed by atoms with Gasteiger partial charge in [-0.2, -0.15) is 0 Å². The molecule has 1 aliphatic heterocycles. The van der Waals surface area contributed by atoms with Gasteiger partial charge < -0.3 is 15.0 Å². The van der Waals surface area contributed by atoms with Crippen LogP contribution >= 0.6 is 0 Å². The summed E-state index contributed by atoms with van der Waals surface area (Å²) in [5.41, 5.74) is 1.38. The number of rotatable bonds is 7. The van der Waals surface area contributed by atoms with Gasteiger partial charge in [-0.15, -0.1) is 0 Å². The molecule has 0 bridgehead atoms. The predicted octanol–water partition coefficient (Wildman–Crippen LogP) is 2.96. The van der Waals surface area contributed by atoms with E-state index in [-0.39, 0.29) is 24.5 Å². The molecule has 1 N–H and O–H groups in total. The predicted molar refractivity (Wildman–Crippen MR) is 102 cm³/mol. The minimum Gasteiger partial charge on any atom is -0.483 e. The zero-order valence-corrected chi connectivity index (χ0v) is 15.6. The smallest absolute Gasteiger partial charge is 0.260 e. The Balaban J connectivity index is 1.68. The first-order chi connectivity index (χ1) is 13.2. The van der Waals surface area contributed by atoms with Gasteiger partial charge in [-0.25, -0.2) is 0 Å². The summed E-state index contributed by atoms with van der Waals surface area (Å²) < 4.78 is 5.83. The number of carbonyl (C=O) groups is 2. The number of nitrogens with one attached hydrogen (secondary N) is 1. The highest BCUT2D eigenvalue weighted by Gasteiger charge is 2.21. The second-order valence-electron chi connectivity index (χ2n) is 6.59. The maximum absolute atomic E-state index is 12.5. The number of hydrogen-bond donors (Lipinski definition) is 1. The highest BCUT2D eigenvalue weighted by molar-refractivity contribution is 5.94. The van der Waals surface area contributed by atoms with Gasteiger partial charge in [0.15, 0.2) is 6.61 Å². The minimum absolute atomic E-state index is 0.00903. The molecule has 1 aromatic carbocycles. The van der Waals surface area contributed by atoms with Gasteiger partial charge in [0.25, 0.3) is 11.8 Å². The van der Waals surface area contributed by atoms with Gasteiger partial charge in [0.2, 0.25) is 0 Å². The van der Waals surface area contributed by atoms with Crippen molar-refractivity contribution in [2.24, 2.45) is 0 Å². The molecule has 2 amide bonds. The van der Waals surface area contributed by atoms with Crippen LogP contribution in [0.15, 0.2) is 48.8 Å². The summed E-state index contributed by atoms with van der Waals surface area (Å²) in [6, 6.07) is 10.8. The van der Waals surface area contributed by atoms with Crippen molar-refractivity contribution >= 4 is 11.8 Å². The topological polar surface area (TPSA) is 71.5 Å². The van der Waals surface area contributed by atoms with Crippen LogP contribution in [0.4, 0.5) is 0 Å². The number of carbonyl (C=O) groups excluding carboxylic acids is 2. The van der Waals surface area contributed by atoms with Crippen LogP contribution in [0.2, 0.25) is 0 Å². The van der Waals surface area contributed by atoms with E-state index in [1.165, 1.54) is 0 Å². The molecule has 2 aromatic rings. The van der Waals surface area contributed by atoms with Crippen LogP contribution in [0.1, 0.15) is 48.1 Å². The summed E-state index contributed by atoms with van der Waals surface area (Å²) in [5.74, 6) is 0.455. The van der Waals surface area contributed by atoms with Gasteiger partial charge in [0.05, 0.1) is 11.6 Å². The van der Waals surface area contributed by atoms with Crippen LogP contribution in [-0.4, -0.2) is 41.4 Å². The Kier molecular flexibility index (Phi) is 6.41. The number of ether oxygens (including phenoxy) is 1. The monoisotopic (exact) mass is 367 g/mol. The van der Waals surface area contributed by atoms with Gasteiger partial charge in [0, 0.05) is 31.0 Å². The van der Waals surface area contributed by atoms with Crippen molar-refractivity contribution in [3.8, 4) is 5.75 Å². The molecule has 0 spiro atoms. The largest absolute Gasteiger partial charge is 0.483 e. The summed E-state index contributed by atoms with van der Waals surface area (Å²) in [4.78, 5) is 30.6. The molecule has 1 fully saturated rings. The Bertz CT molecular complexity index is 773. The first-order valence-corrected chi connectivity index (χ1v) is 9.39. The first kappa shape index (κ1) is 18.9. The Labute approximate surface area is 159 Å². The molecule has 1 aromatic heterocycles. The van der Waals surface area contributed by atoms with Crippen LogP contribution in [0.3, 0.4) is 0 Å². The van der Waals surface area contributed by atoms with Crippen LogP contribution in [0.25, 0.3) is 0 Å². The van der Waals surface area contributed by atoms with Crippen molar-refractivity contribution < 1.29 is 14.3 Å². The molecule has 1 saturated heterocycles. The molecule has 2 heterocycles. The molecule has 0 aliphatic carbocycles. The highest BCUT2D eigenvalue weighted by Crippen LogP contribution is 2.27. The summed E-state index contributed by atoms with van der Waals surface area (Å²) in [6.07, 6.45) is 5.99. The number of aromatic nitrogens is 1. The van der Waals surface area contributed by atoms with E-state index in [9.17, 15) is 9.59 Å². The number of para-hydroxylation sites is 1. The van der Waals surface area contributed by atoms with Gasteiger partial charge in [0.1, 0.15) is 5.75 Å². The Morgan fingerprint density at radius 2 is 1.96 bits per heavy atom. The molecule has 27 heavy (non-hydrogen) atoms. The van der Waals surface area contributed by atoms with E-state index in [4.69, 9.17) is 4.74 Å². The summed E-state index contributed by atoms with van der Waals surface area (Å²) in [7, 11) is 0. The summed E-state index contributed by atoms with van der Waals surface area (Å²) in [6.45, 7) is 3.63. The van der Waals surface area contributed by atoms with Gasteiger partial charge in [-0.05, 0) is 37.5 Å². The van der Waals surface area contributed by atoms with Crippen LogP contribution in [0, 0.1) is 0 Å². The minimum atomic E-state index is -0.212. The lowest BCUT2D eigenvalue weighted by Crippen LogP contribution is -2.32. The van der Waals surface area contributed by atoms with Crippen molar-refractivity contribution in [3.63, 3.8) is 0 Å². The van der Waals surface area contributed by atoms with Gasteiger partial charge in [-0.3, -0.25) is 14.6 Å². The molecule has 0 saturated carbocycles. The molecular weight excluding hydrogens is 342 g/mol. The highest BCUT2D eigenvalue weighted by atomic mass is 16.5. The molecule has 1 aliphatic rings. The first-order valence-electron chi connectivity index (χ1n) is 9.39. The molecule has 3 rings (SSSR count). The summed E-state index contributed by atoms with van der Waals surface area (Å²) >= 11 is 0. The van der Waals surface area contributed by atoms with Gasteiger partial charge >= 0.3 is 0 Å². The Hall–Kier alpha value is -2.89. The second-order valence-corrected chi connectivity index (χ2v) is 6.59. The van der Waals surface area contributed by atoms with E-state index in [2.05, 4.69) is 10.3 Å². The quantitative estimate of drug-likeness (QED) is 0.817. The molecule has 6 nitrogen and oxygen atoms in total. The zero-order chi connectivity index (χ0) is 19.1. The van der Waals surface area contributed by atoms with E-state index < -0.39 is 0 Å². The van der Waals surface area contributed by atoms with E-state index in [0.717, 1.165) is 31.5 Å². The molecule has 1 atom stereocenters. The SMILES string of the molecule is CCC(NC(=O)c1cccnc1)c1ccccc1OCC(=O)N1CCCC1. The number of hydrogen-bond acceptors (Lipinski definition) is 4. The number of benzene rings is 1. The molecular formula is C21H25N3O3. The van der Waals surface area contributed by atoms with E-state index in [1.54, 1.807) is 24.5 Å². The van der Waals surface area contributed by atoms with Crippen LogP contribution in [0.5, 0.6) is 5.75 Å². The maximum Gasteiger partial charge on any atom is 0.260 e. The average Bonchev–Trinajstić information content (AvgIpc) is 3.26. The standard InChI is InChI=1S/C21H25N3O3/c1-2-18(23-21(26)16-8-7-11-22-14-16)17-9-3-4-10-19(17)27-15-20(25)24-12-5-6-13-24/h3-4,7-11,14,18H,2,5-6,12-13,15H2,1H3,(H,23,26). The zero-order valence-electron chi connectivity index (χ0n) is 15.6. The molecule has 0 radical (unpaired) electrons. The number of likely N-dealkylation sites (tertiary alicyclic amines) is 1. The Morgan fingerprint density at radius 1 is 1.19 bits per heavy atom. The number of nitrogens with zero attached hydrogens (tertiary/aromatic N) is 2. The third kappa shape index (κ3) is 4.84. The third-order valence-corrected chi connectivity index (χ3v) is 4.74. The lowest BCUT2D eigenvalue weighted by atomic mass is 10.0. The maximum atomic E-state index is 12.5. The van der Waals surface area contributed by atoms with Crippen molar-refractivity contribution in [3.05, 3.63) is 59.9 Å². The fourth-order valence-corrected chi connectivity index (χ4v) is 3.24.